The van der Waals surface area contributed by atoms with Crippen LogP contribution < -0.4 is 5.32 Å². The van der Waals surface area contributed by atoms with E-state index in [4.69, 9.17) is 11.6 Å². The van der Waals surface area contributed by atoms with Crippen molar-refractivity contribution in [2.75, 3.05) is 5.32 Å². The van der Waals surface area contributed by atoms with Crippen molar-refractivity contribution >= 4 is 17.5 Å². The summed E-state index contributed by atoms with van der Waals surface area (Å²) in [4.78, 5) is 0. The van der Waals surface area contributed by atoms with E-state index in [1.54, 1.807) is 0 Å². The van der Waals surface area contributed by atoms with Gasteiger partial charge in [-0.25, -0.2) is 4.68 Å². The molecule has 0 spiro atoms. The third-order valence-corrected chi connectivity index (χ3v) is 4.85. The molecule has 0 aliphatic carbocycles. The van der Waals surface area contributed by atoms with Gasteiger partial charge in [-0.15, -0.1) is 0 Å². The molecule has 3 aromatic rings. The fourth-order valence-electron chi connectivity index (χ4n) is 3.20. The van der Waals surface area contributed by atoms with E-state index in [1.807, 2.05) is 28.9 Å². The van der Waals surface area contributed by atoms with Crippen LogP contribution in [-0.2, 0) is 6.42 Å². The predicted octanol–water partition coefficient (Wildman–Crippen LogP) is 4.04. The lowest BCUT2D eigenvalue weighted by Crippen LogP contribution is -2.28. The van der Waals surface area contributed by atoms with Crippen LogP contribution in [0.15, 0.2) is 48.5 Å². The summed E-state index contributed by atoms with van der Waals surface area (Å²) in [5, 5.41) is 16.3. The molecule has 24 heavy (non-hydrogen) atoms. The Bertz CT molecular complexity index is 825. The normalized spacial score (nSPS) is 19.6. The number of tetrazole rings is 1. The molecule has 6 heteroatoms. The fourth-order valence-corrected chi connectivity index (χ4v) is 3.33. The molecule has 0 saturated carbocycles. The van der Waals surface area contributed by atoms with Gasteiger partial charge in [-0.1, -0.05) is 60.0 Å². The average molecular weight is 340 g/mol. The number of hydrogen-bond acceptors (Lipinski definition) is 4. The minimum atomic E-state index is 0.0874. The van der Waals surface area contributed by atoms with Crippen molar-refractivity contribution in [3.8, 4) is 0 Å². The Hall–Kier alpha value is -2.40. The third kappa shape index (κ3) is 2.76. The van der Waals surface area contributed by atoms with Crippen molar-refractivity contribution in [3.63, 3.8) is 0 Å². The Kier molecular flexibility index (Phi) is 3.94. The summed E-state index contributed by atoms with van der Waals surface area (Å²) in [7, 11) is 0. The number of halogens is 1. The molecule has 122 valence electrons. The maximum atomic E-state index is 6.02. The highest BCUT2D eigenvalue weighted by molar-refractivity contribution is 6.30. The van der Waals surface area contributed by atoms with E-state index >= 15 is 0 Å². The maximum absolute atomic E-state index is 6.02. The van der Waals surface area contributed by atoms with E-state index < -0.39 is 0 Å². The molecule has 5 nitrogen and oxygen atoms in total. The topological polar surface area (TPSA) is 55.6 Å². The van der Waals surface area contributed by atoms with E-state index in [0.29, 0.717) is 5.95 Å². The number of fused-ring (bicyclic) bond motifs is 1. The molecule has 0 amide bonds. The van der Waals surface area contributed by atoms with Crippen LogP contribution in [0.2, 0.25) is 5.02 Å². The van der Waals surface area contributed by atoms with Crippen LogP contribution in [-0.4, -0.2) is 20.2 Å². The molecule has 0 radical (unpaired) electrons. The summed E-state index contributed by atoms with van der Waals surface area (Å²) in [6.07, 6.45) is 1.93. The molecule has 0 bridgehead atoms. The SMILES string of the molecule is CCc1ccc([C@@H]2C[C@@H](c3ccc(Cl)cc3)n3nnnc3N2)cc1. The molecule has 2 atom stereocenters. The van der Waals surface area contributed by atoms with E-state index in [0.717, 1.165) is 23.4 Å². The standard InChI is InChI=1S/C18H18ClN5/c1-2-12-3-5-13(6-4-12)16-11-17(14-7-9-15(19)10-8-14)24-18(20-16)21-22-23-24/h3-10,16-17H,2,11H2,1H3,(H,20,21,23)/t16-,17-/m0/s1. The number of nitrogens with one attached hydrogen (secondary N) is 1. The van der Waals surface area contributed by atoms with Crippen LogP contribution in [0.3, 0.4) is 0 Å². The first-order valence-electron chi connectivity index (χ1n) is 8.13. The molecule has 1 aliphatic rings. The van der Waals surface area contributed by atoms with Crippen molar-refractivity contribution in [3.05, 3.63) is 70.2 Å². The monoisotopic (exact) mass is 339 g/mol. The zero-order valence-corrected chi connectivity index (χ0v) is 14.1. The highest BCUT2D eigenvalue weighted by Gasteiger charge is 2.30. The molecule has 0 unspecified atom stereocenters. The van der Waals surface area contributed by atoms with Gasteiger partial charge >= 0.3 is 0 Å². The average Bonchev–Trinajstić information content (AvgIpc) is 3.10. The molecule has 0 saturated heterocycles. The summed E-state index contributed by atoms with van der Waals surface area (Å²) in [6.45, 7) is 2.17. The van der Waals surface area contributed by atoms with Gasteiger partial charge in [-0.3, -0.25) is 0 Å². The third-order valence-electron chi connectivity index (χ3n) is 4.60. The minimum absolute atomic E-state index is 0.0874. The van der Waals surface area contributed by atoms with Gasteiger partial charge in [0.1, 0.15) is 0 Å². The highest BCUT2D eigenvalue weighted by Crippen LogP contribution is 2.37. The van der Waals surface area contributed by atoms with Crippen molar-refractivity contribution in [2.24, 2.45) is 0 Å². The Balaban J connectivity index is 1.68. The number of hydrogen-bond donors (Lipinski definition) is 1. The number of anilines is 1. The van der Waals surface area contributed by atoms with Crippen molar-refractivity contribution in [1.29, 1.82) is 0 Å². The van der Waals surface area contributed by atoms with Crippen LogP contribution in [0.5, 0.6) is 0 Å². The first-order valence-corrected chi connectivity index (χ1v) is 8.51. The largest absolute Gasteiger partial charge is 0.346 e. The van der Waals surface area contributed by atoms with Crippen LogP contribution in [0, 0.1) is 0 Å². The van der Waals surface area contributed by atoms with Crippen molar-refractivity contribution < 1.29 is 0 Å². The summed E-state index contributed by atoms with van der Waals surface area (Å²) in [5.41, 5.74) is 3.75. The lowest BCUT2D eigenvalue weighted by atomic mass is 9.93. The zero-order chi connectivity index (χ0) is 16.5. The van der Waals surface area contributed by atoms with Crippen molar-refractivity contribution in [2.45, 2.75) is 31.8 Å². The Morgan fingerprint density at radius 3 is 2.50 bits per heavy atom. The van der Waals surface area contributed by atoms with Crippen molar-refractivity contribution in [1.82, 2.24) is 20.2 Å². The van der Waals surface area contributed by atoms with E-state index in [-0.39, 0.29) is 12.1 Å². The van der Waals surface area contributed by atoms with Gasteiger partial charge in [0.25, 0.3) is 0 Å². The fraction of sp³-hybridized carbons (Fsp3) is 0.278. The van der Waals surface area contributed by atoms with E-state index in [9.17, 15) is 0 Å². The molecule has 0 fully saturated rings. The molecule has 4 rings (SSSR count). The molecule has 1 aromatic heterocycles. The number of rotatable bonds is 3. The van der Waals surface area contributed by atoms with Crippen LogP contribution in [0.4, 0.5) is 5.95 Å². The maximum Gasteiger partial charge on any atom is 0.243 e. The van der Waals surface area contributed by atoms with Gasteiger partial charge in [-0.05, 0) is 52.1 Å². The Labute approximate surface area is 145 Å². The predicted molar refractivity (Wildman–Crippen MR) is 94.2 cm³/mol. The molecular weight excluding hydrogens is 322 g/mol. The number of benzene rings is 2. The van der Waals surface area contributed by atoms with Gasteiger partial charge in [-0.2, -0.15) is 0 Å². The van der Waals surface area contributed by atoms with Gasteiger partial charge < -0.3 is 5.32 Å². The van der Waals surface area contributed by atoms with Gasteiger partial charge in [0.05, 0.1) is 12.1 Å². The molecule has 1 N–H and O–H groups in total. The van der Waals surface area contributed by atoms with Crippen LogP contribution >= 0.6 is 11.6 Å². The summed E-state index contributed by atoms with van der Waals surface area (Å²) < 4.78 is 1.85. The second kappa shape index (κ2) is 6.24. The second-order valence-corrected chi connectivity index (χ2v) is 6.48. The quantitative estimate of drug-likeness (QED) is 0.782. The first-order chi connectivity index (χ1) is 11.7. The highest BCUT2D eigenvalue weighted by atomic mass is 35.5. The number of nitrogens with zero attached hydrogens (tertiary/aromatic N) is 4. The number of aromatic nitrogens is 4. The lowest BCUT2D eigenvalue weighted by molar-refractivity contribution is 0.424. The molecule has 1 aliphatic heterocycles. The summed E-state index contributed by atoms with van der Waals surface area (Å²) in [6, 6.07) is 16.9. The zero-order valence-electron chi connectivity index (χ0n) is 13.4. The smallest absolute Gasteiger partial charge is 0.243 e. The summed E-state index contributed by atoms with van der Waals surface area (Å²) >= 11 is 6.02. The van der Waals surface area contributed by atoms with Gasteiger partial charge in [0.2, 0.25) is 5.95 Å². The summed E-state index contributed by atoms with van der Waals surface area (Å²) in [5.74, 6) is 0.700. The van der Waals surface area contributed by atoms with Gasteiger partial charge in [0.15, 0.2) is 0 Å². The minimum Gasteiger partial charge on any atom is -0.346 e. The second-order valence-electron chi connectivity index (χ2n) is 6.04. The van der Waals surface area contributed by atoms with Gasteiger partial charge in [0, 0.05) is 5.02 Å². The van der Waals surface area contributed by atoms with E-state index in [2.05, 4.69) is 52.0 Å². The molecule has 2 aromatic carbocycles. The molecular formula is C18H18ClN5. The van der Waals surface area contributed by atoms with E-state index in [1.165, 1.54) is 11.1 Å². The molecule has 2 heterocycles. The number of aryl methyl sites for hydroxylation is 1. The van der Waals surface area contributed by atoms with Crippen LogP contribution in [0.25, 0.3) is 0 Å². The Morgan fingerprint density at radius 2 is 1.79 bits per heavy atom. The lowest BCUT2D eigenvalue weighted by Gasteiger charge is -2.31. The first kappa shape index (κ1) is 15.1. The Morgan fingerprint density at radius 1 is 1.08 bits per heavy atom. The van der Waals surface area contributed by atoms with Crippen LogP contribution in [0.1, 0.15) is 42.1 Å².